The molecule has 2 aromatic rings. The van der Waals surface area contributed by atoms with Crippen LogP contribution in [0.3, 0.4) is 0 Å². The number of hydrogen-bond donors (Lipinski definition) is 1. The van der Waals surface area contributed by atoms with Gasteiger partial charge in [0, 0.05) is 4.88 Å². The quantitative estimate of drug-likeness (QED) is 0.864. The number of benzene rings is 1. The lowest BCUT2D eigenvalue weighted by molar-refractivity contribution is -0.108. The largest absolute Gasteiger partial charge is 0.319 e. The lowest BCUT2D eigenvalue weighted by Gasteiger charge is -2.08. The van der Waals surface area contributed by atoms with Crippen LogP contribution in [0.4, 0.5) is 0 Å². The minimum atomic E-state index is -3.73. The van der Waals surface area contributed by atoms with Crippen molar-refractivity contribution in [3.05, 3.63) is 57.2 Å². The normalized spacial score (nSPS) is 12.2. The zero-order chi connectivity index (χ0) is 14.6. The van der Waals surface area contributed by atoms with Crippen LogP contribution in [-0.2, 0) is 14.6 Å². The maximum absolute atomic E-state index is 12.5. The van der Waals surface area contributed by atoms with Gasteiger partial charge in [0.15, 0.2) is 0 Å². The number of nitrogens with one attached hydrogen (secondary N) is 1. The molecule has 1 N–H and O–H groups in total. The van der Waals surface area contributed by atoms with Crippen molar-refractivity contribution >= 4 is 33.7 Å². The second kappa shape index (κ2) is 6.02. The van der Waals surface area contributed by atoms with Crippen molar-refractivity contribution in [1.29, 1.82) is 0 Å². The summed E-state index contributed by atoms with van der Waals surface area (Å²) in [4.78, 5) is 11.6. The third-order valence-electron chi connectivity index (χ3n) is 2.64. The average molecular weight is 307 g/mol. The van der Waals surface area contributed by atoms with Gasteiger partial charge in [-0.1, -0.05) is 23.8 Å². The molecule has 0 aliphatic rings. The van der Waals surface area contributed by atoms with Crippen molar-refractivity contribution in [1.82, 2.24) is 5.32 Å². The maximum atomic E-state index is 12.5. The second-order valence-corrected chi connectivity index (χ2v) is 7.00. The summed E-state index contributed by atoms with van der Waals surface area (Å²) in [6.45, 7) is 1.88. The van der Waals surface area contributed by atoms with Gasteiger partial charge >= 0.3 is 0 Å². The van der Waals surface area contributed by atoms with Crippen LogP contribution in [0.15, 0.2) is 51.7 Å². The van der Waals surface area contributed by atoms with E-state index in [-0.39, 0.29) is 9.92 Å². The first-order valence-electron chi connectivity index (χ1n) is 5.81. The average Bonchev–Trinajstić information content (AvgIpc) is 2.92. The van der Waals surface area contributed by atoms with Crippen molar-refractivity contribution < 1.29 is 13.2 Å². The van der Waals surface area contributed by atoms with Crippen LogP contribution in [0.25, 0.3) is 6.08 Å². The third-order valence-corrected chi connectivity index (χ3v) is 5.17. The summed E-state index contributed by atoms with van der Waals surface area (Å²) in [5.41, 5.74) is 0.969. The van der Waals surface area contributed by atoms with Crippen LogP contribution in [0, 0.1) is 6.92 Å². The Kier molecular flexibility index (Phi) is 4.36. The molecule has 0 bridgehead atoms. The first kappa shape index (κ1) is 14.5. The van der Waals surface area contributed by atoms with Gasteiger partial charge in [-0.15, -0.1) is 11.3 Å². The molecule has 104 valence electrons. The predicted molar refractivity (Wildman–Crippen MR) is 79.9 cm³/mol. The van der Waals surface area contributed by atoms with E-state index < -0.39 is 9.84 Å². The molecular formula is C14H13NO3S2. The highest BCUT2D eigenvalue weighted by molar-refractivity contribution is 7.95. The van der Waals surface area contributed by atoms with E-state index in [1.54, 1.807) is 18.2 Å². The number of hydrogen-bond acceptors (Lipinski definition) is 4. The Balaban J connectivity index is 2.47. The van der Waals surface area contributed by atoms with E-state index in [2.05, 4.69) is 5.32 Å². The van der Waals surface area contributed by atoms with Gasteiger partial charge in [0.2, 0.25) is 16.2 Å². The summed E-state index contributed by atoms with van der Waals surface area (Å²) in [7, 11) is -3.73. The third kappa shape index (κ3) is 3.15. The van der Waals surface area contributed by atoms with Gasteiger partial charge < -0.3 is 5.32 Å². The molecule has 0 spiro atoms. The number of aryl methyl sites for hydroxylation is 1. The number of carbonyl (C=O) groups excluding carboxylic acids is 1. The van der Waals surface area contributed by atoms with Crippen LogP contribution >= 0.6 is 11.3 Å². The summed E-state index contributed by atoms with van der Waals surface area (Å²) < 4.78 is 24.9. The number of thiophene rings is 1. The van der Waals surface area contributed by atoms with Crippen LogP contribution in [-0.4, -0.2) is 14.8 Å². The topological polar surface area (TPSA) is 63.2 Å². The minimum Gasteiger partial charge on any atom is -0.319 e. The van der Waals surface area contributed by atoms with Gasteiger partial charge in [-0.25, -0.2) is 8.42 Å². The first-order chi connectivity index (χ1) is 9.54. The zero-order valence-electron chi connectivity index (χ0n) is 10.7. The van der Waals surface area contributed by atoms with Gasteiger partial charge in [0.1, 0.15) is 5.03 Å². The van der Waals surface area contributed by atoms with Gasteiger partial charge in [0.25, 0.3) is 0 Å². The predicted octanol–water partition coefficient (Wildman–Crippen LogP) is 2.57. The van der Waals surface area contributed by atoms with E-state index in [1.807, 2.05) is 18.4 Å². The number of amides is 1. The highest BCUT2D eigenvalue weighted by atomic mass is 32.2. The lowest BCUT2D eigenvalue weighted by atomic mass is 10.2. The molecule has 0 aliphatic heterocycles. The Hall–Kier alpha value is -1.92. The molecule has 0 fully saturated rings. The molecule has 0 aliphatic carbocycles. The zero-order valence-corrected chi connectivity index (χ0v) is 12.4. The molecule has 20 heavy (non-hydrogen) atoms. The highest BCUT2D eigenvalue weighted by Crippen LogP contribution is 2.21. The lowest BCUT2D eigenvalue weighted by Crippen LogP contribution is -2.19. The first-order valence-corrected chi connectivity index (χ1v) is 8.17. The summed E-state index contributed by atoms with van der Waals surface area (Å²) in [5, 5.41) is 3.98. The molecule has 0 radical (unpaired) electrons. The number of carbonyl (C=O) groups is 1. The molecule has 6 heteroatoms. The SMILES string of the molecule is Cc1ccc(S(=O)(=O)/C(=C/c2cccs2)NC=O)cc1. The minimum absolute atomic E-state index is 0.126. The molecule has 0 unspecified atom stereocenters. The van der Waals surface area contributed by atoms with Crippen molar-refractivity contribution in [3.8, 4) is 0 Å². The molecular weight excluding hydrogens is 294 g/mol. The second-order valence-electron chi connectivity index (χ2n) is 4.10. The van der Waals surface area contributed by atoms with Crippen LogP contribution < -0.4 is 5.32 Å². The summed E-state index contributed by atoms with van der Waals surface area (Å²) in [6, 6.07) is 10.1. The Labute approximate surface area is 121 Å². The van der Waals surface area contributed by atoms with E-state index in [1.165, 1.54) is 29.5 Å². The molecule has 4 nitrogen and oxygen atoms in total. The van der Waals surface area contributed by atoms with E-state index in [4.69, 9.17) is 0 Å². The molecule has 1 heterocycles. The van der Waals surface area contributed by atoms with Gasteiger partial charge in [0.05, 0.1) is 4.90 Å². The van der Waals surface area contributed by atoms with E-state index in [0.717, 1.165) is 10.4 Å². The fourth-order valence-corrected chi connectivity index (χ4v) is 3.57. The summed E-state index contributed by atoms with van der Waals surface area (Å²) >= 11 is 1.39. The van der Waals surface area contributed by atoms with Gasteiger partial charge in [-0.05, 0) is 36.6 Å². The van der Waals surface area contributed by atoms with Crippen molar-refractivity contribution in [2.75, 3.05) is 0 Å². The maximum Gasteiger partial charge on any atom is 0.221 e. The fourth-order valence-electron chi connectivity index (χ4n) is 1.60. The molecule has 1 amide bonds. The molecule has 1 aromatic heterocycles. The van der Waals surface area contributed by atoms with E-state index >= 15 is 0 Å². The molecule has 2 rings (SSSR count). The summed E-state index contributed by atoms with van der Waals surface area (Å²) in [6.07, 6.45) is 1.82. The highest BCUT2D eigenvalue weighted by Gasteiger charge is 2.20. The van der Waals surface area contributed by atoms with Crippen molar-refractivity contribution in [3.63, 3.8) is 0 Å². The van der Waals surface area contributed by atoms with Gasteiger partial charge in [-0.3, -0.25) is 4.79 Å². The van der Waals surface area contributed by atoms with Crippen molar-refractivity contribution in [2.24, 2.45) is 0 Å². The molecule has 0 saturated carbocycles. The monoisotopic (exact) mass is 307 g/mol. The summed E-state index contributed by atoms with van der Waals surface area (Å²) in [5.74, 6) is 0. The Morgan fingerprint density at radius 1 is 1.20 bits per heavy atom. The Bertz CT molecular complexity index is 714. The number of rotatable bonds is 5. The van der Waals surface area contributed by atoms with Crippen LogP contribution in [0.2, 0.25) is 0 Å². The standard InChI is InChI=1S/C14H13NO3S2/c1-11-4-6-13(7-5-11)20(17,18)14(15-10-16)9-12-3-2-8-19-12/h2-10H,1H3,(H,15,16)/b14-9+. The van der Waals surface area contributed by atoms with E-state index in [0.29, 0.717) is 6.41 Å². The smallest absolute Gasteiger partial charge is 0.221 e. The molecule has 0 atom stereocenters. The van der Waals surface area contributed by atoms with E-state index in [9.17, 15) is 13.2 Å². The fraction of sp³-hybridized carbons (Fsp3) is 0.0714. The molecule has 1 aromatic carbocycles. The molecule has 0 saturated heterocycles. The van der Waals surface area contributed by atoms with Crippen LogP contribution in [0.1, 0.15) is 10.4 Å². The van der Waals surface area contributed by atoms with Gasteiger partial charge in [-0.2, -0.15) is 0 Å². The van der Waals surface area contributed by atoms with Crippen molar-refractivity contribution in [2.45, 2.75) is 11.8 Å². The Morgan fingerprint density at radius 2 is 1.90 bits per heavy atom. The van der Waals surface area contributed by atoms with Crippen LogP contribution in [0.5, 0.6) is 0 Å². The Morgan fingerprint density at radius 3 is 2.45 bits per heavy atom. The number of sulfone groups is 1.